The summed E-state index contributed by atoms with van der Waals surface area (Å²) in [6.45, 7) is 1.68. The van der Waals surface area contributed by atoms with Crippen molar-refractivity contribution in [3.8, 4) is 0 Å². The van der Waals surface area contributed by atoms with Gasteiger partial charge in [0.15, 0.2) is 0 Å². The lowest BCUT2D eigenvalue weighted by Crippen LogP contribution is -2.27. The Bertz CT molecular complexity index is 428. The topological polar surface area (TPSA) is 88.0 Å². The van der Waals surface area contributed by atoms with Crippen LogP contribution in [0.2, 0.25) is 0 Å². The van der Waals surface area contributed by atoms with E-state index in [2.05, 4.69) is 15.3 Å². The number of esters is 1. The van der Waals surface area contributed by atoms with Crippen molar-refractivity contribution in [1.82, 2.24) is 0 Å². The number of hydrazone groups is 1. The summed E-state index contributed by atoms with van der Waals surface area (Å²) in [6.07, 6.45) is 0. The van der Waals surface area contributed by atoms with Gasteiger partial charge in [-0.25, -0.2) is 9.59 Å². The number of aliphatic carboxylic acids is 1. The van der Waals surface area contributed by atoms with Crippen LogP contribution in [0.15, 0.2) is 35.4 Å². The smallest absolute Gasteiger partial charge is 0.366 e. The van der Waals surface area contributed by atoms with Crippen LogP contribution in [0.25, 0.3) is 0 Å². The van der Waals surface area contributed by atoms with Crippen LogP contribution < -0.4 is 5.43 Å². The van der Waals surface area contributed by atoms with Crippen molar-refractivity contribution in [3.05, 3.63) is 30.3 Å². The summed E-state index contributed by atoms with van der Waals surface area (Å²) in [7, 11) is 0. The van der Waals surface area contributed by atoms with E-state index in [1.54, 1.807) is 37.3 Å². The van der Waals surface area contributed by atoms with Gasteiger partial charge in [0.25, 0.3) is 5.71 Å². The molecule has 0 atom stereocenters. The fraction of sp³-hybridized carbons (Fsp3) is 0.182. The van der Waals surface area contributed by atoms with Gasteiger partial charge in [0, 0.05) is 0 Å². The number of hydrogen-bond donors (Lipinski definition) is 2. The molecule has 0 unspecified atom stereocenters. The number of carbonyl (C=O) groups is 2. The molecule has 0 saturated heterocycles. The molecule has 0 heterocycles. The van der Waals surface area contributed by atoms with E-state index in [9.17, 15) is 9.59 Å². The van der Waals surface area contributed by atoms with E-state index in [0.29, 0.717) is 5.69 Å². The molecule has 0 radical (unpaired) electrons. The summed E-state index contributed by atoms with van der Waals surface area (Å²) in [6, 6.07) is 8.69. The van der Waals surface area contributed by atoms with Gasteiger partial charge in [0.2, 0.25) is 0 Å². The number of nitrogens with zero attached hydrogens (tertiary/aromatic N) is 1. The number of nitrogens with one attached hydrogen (secondary N) is 1. The first kappa shape index (κ1) is 12.7. The Kier molecular flexibility index (Phi) is 4.68. The van der Waals surface area contributed by atoms with Crippen LogP contribution in [0.1, 0.15) is 6.92 Å². The molecule has 0 saturated carbocycles. The van der Waals surface area contributed by atoms with Crippen molar-refractivity contribution >= 4 is 23.3 Å². The minimum atomic E-state index is -1.44. The van der Waals surface area contributed by atoms with Crippen LogP contribution >= 0.6 is 0 Å². The van der Waals surface area contributed by atoms with Crippen LogP contribution in [0, 0.1) is 0 Å². The molecule has 1 rings (SSSR count). The third-order valence-electron chi connectivity index (χ3n) is 1.74. The molecule has 2 N–H and O–H groups in total. The standard InChI is InChI=1S/C11H12N2O4/c1-2-17-11(16)9(10(14)15)13-12-8-6-4-3-5-7-8/h3-7,12H,2H2,1H3,(H,14,15)/b13-9+. The lowest BCUT2D eigenvalue weighted by atomic mass is 10.3. The molecule has 6 nitrogen and oxygen atoms in total. The number of ether oxygens (including phenoxy) is 1. The molecule has 1 aromatic carbocycles. The molecule has 0 aliphatic rings. The Labute approximate surface area is 97.9 Å². The normalized spacial score (nSPS) is 10.8. The van der Waals surface area contributed by atoms with Gasteiger partial charge in [-0.1, -0.05) is 18.2 Å². The fourth-order valence-electron chi connectivity index (χ4n) is 1.01. The molecular formula is C11H12N2O4. The van der Waals surface area contributed by atoms with E-state index < -0.39 is 17.7 Å². The summed E-state index contributed by atoms with van der Waals surface area (Å²) in [5, 5.41) is 12.3. The highest BCUT2D eigenvalue weighted by Gasteiger charge is 2.21. The zero-order valence-electron chi connectivity index (χ0n) is 9.21. The predicted molar refractivity (Wildman–Crippen MR) is 61.8 cm³/mol. The lowest BCUT2D eigenvalue weighted by molar-refractivity contribution is -0.138. The molecule has 1 aromatic rings. The first-order valence-corrected chi connectivity index (χ1v) is 4.94. The number of rotatable bonds is 5. The number of anilines is 1. The zero-order valence-corrected chi connectivity index (χ0v) is 9.21. The van der Waals surface area contributed by atoms with Crippen LogP contribution in [0.4, 0.5) is 5.69 Å². The van der Waals surface area contributed by atoms with Crippen LogP contribution in [-0.4, -0.2) is 29.4 Å². The minimum Gasteiger partial charge on any atom is -0.476 e. The van der Waals surface area contributed by atoms with Gasteiger partial charge in [-0.15, -0.1) is 0 Å². The Morgan fingerprint density at radius 1 is 1.35 bits per heavy atom. The summed E-state index contributed by atoms with van der Waals surface area (Å²) >= 11 is 0. The van der Waals surface area contributed by atoms with Gasteiger partial charge >= 0.3 is 11.9 Å². The van der Waals surface area contributed by atoms with Crippen molar-refractivity contribution < 1.29 is 19.4 Å². The Balaban J connectivity index is 2.78. The minimum absolute atomic E-state index is 0.0937. The van der Waals surface area contributed by atoms with Crippen molar-refractivity contribution in [2.24, 2.45) is 5.10 Å². The number of carbonyl (C=O) groups excluding carboxylic acids is 1. The van der Waals surface area contributed by atoms with Crippen molar-refractivity contribution in [1.29, 1.82) is 0 Å². The second-order valence-electron chi connectivity index (χ2n) is 2.96. The third kappa shape index (κ3) is 3.94. The summed E-state index contributed by atoms with van der Waals surface area (Å²) in [5.41, 5.74) is 2.37. The first-order valence-electron chi connectivity index (χ1n) is 4.94. The molecule has 17 heavy (non-hydrogen) atoms. The number of benzene rings is 1. The predicted octanol–water partition coefficient (Wildman–Crippen LogP) is 1.10. The van der Waals surface area contributed by atoms with Crippen LogP contribution in [-0.2, 0) is 14.3 Å². The summed E-state index contributed by atoms with van der Waals surface area (Å²) in [5.74, 6) is -2.41. The highest BCUT2D eigenvalue weighted by Crippen LogP contribution is 2.04. The molecule has 0 spiro atoms. The van der Waals surface area contributed by atoms with E-state index in [0.717, 1.165) is 0 Å². The number of hydrogen-bond acceptors (Lipinski definition) is 5. The quantitative estimate of drug-likeness (QED) is 0.346. The summed E-state index contributed by atoms with van der Waals surface area (Å²) < 4.78 is 4.56. The SMILES string of the molecule is CCOC(=O)/C(=N/Nc1ccccc1)C(=O)O. The Hall–Kier alpha value is -2.37. The van der Waals surface area contributed by atoms with Gasteiger partial charge in [-0.3, -0.25) is 5.43 Å². The van der Waals surface area contributed by atoms with E-state index in [4.69, 9.17) is 5.11 Å². The Morgan fingerprint density at radius 2 is 2.00 bits per heavy atom. The number of carboxylic acids is 1. The highest BCUT2D eigenvalue weighted by molar-refractivity contribution is 6.62. The average molecular weight is 236 g/mol. The van der Waals surface area contributed by atoms with Gasteiger partial charge in [0.1, 0.15) is 0 Å². The average Bonchev–Trinajstić information content (AvgIpc) is 2.30. The van der Waals surface area contributed by atoms with Crippen LogP contribution in [0.3, 0.4) is 0 Å². The maximum atomic E-state index is 11.2. The maximum Gasteiger partial charge on any atom is 0.366 e. The van der Waals surface area contributed by atoms with E-state index >= 15 is 0 Å². The van der Waals surface area contributed by atoms with Gasteiger partial charge in [-0.2, -0.15) is 5.10 Å². The molecule has 0 fully saturated rings. The van der Waals surface area contributed by atoms with Crippen LogP contribution in [0.5, 0.6) is 0 Å². The van der Waals surface area contributed by atoms with Gasteiger partial charge < -0.3 is 9.84 Å². The number of carboxylic acid groups (broad SMARTS) is 1. The maximum absolute atomic E-state index is 11.2. The molecule has 0 aromatic heterocycles. The van der Waals surface area contributed by atoms with E-state index in [-0.39, 0.29) is 6.61 Å². The molecule has 6 heteroatoms. The zero-order chi connectivity index (χ0) is 12.7. The largest absolute Gasteiger partial charge is 0.476 e. The summed E-state index contributed by atoms with van der Waals surface area (Å²) in [4.78, 5) is 22.0. The monoisotopic (exact) mass is 236 g/mol. The van der Waals surface area contributed by atoms with Crippen molar-refractivity contribution in [2.75, 3.05) is 12.0 Å². The molecule has 0 aliphatic heterocycles. The van der Waals surface area contributed by atoms with E-state index in [1.165, 1.54) is 0 Å². The molecule has 0 aliphatic carbocycles. The molecule has 0 bridgehead atoms. The third-order valence-corrected chi connectivity index (χ3v) is 1.74. The van der Waals surface area contributed by atoms with E-state index in [1.807, 2.05) is 0 Å². The van der Waals surface area contributed by atoms with Gasteiger partial charge in [-0.05, 0) is 19.1 Å². The lowest BCUT2D eigenvalue weighted by Gasteiger charge is -2.03. The van der Waals surface area contributed by atoms with Crippen molar-refractivity contribution in [2.45, 2.75) is 6.92 Å². The second kappa shape index (κ2) is 6.26. The first-order chi connectivity index (χ1) is 8.15. The fourth-order valence-corrected chi connectivity index (χ4v) is 1.01. The molecule has 90 valence electrons. The van der Waals surface area contributed by atoms with Crippen molar-refractivity contribution in [3.63, 3.8) is 0 Å². The second-order valence-corrected chi connectivity index (χ2v) is 2.96. The highest BCUT2D eigenvalue weighted by atomic mass is 16.5. The number of para-hydroxylation sites is 1. The molecular weight excluding hydrogens is 224 g/mol. The Morgan fingerprint density at radius 3 is 2.53 bits per heavy atom. The molecule has 0 amide bonds. The van der Waals surface area contributed by atoms with Gasteiger partial charge in [0.05, 0.1) is 12.3 Å².